The number of H-pyrrole nitrogens is 1. The first-order chi connectivity index (χ1) is 17.1. The van der Waals surface area contributed by atoms with Crippen LogP contribution in [-0.4, -0.2) is 65.0 Å². The maximum absolute atomic E-state index is 12.9. The number of anilines is 1. The van der Waals surface area contributed by atoms with Gasteiger partial charge in [-0.1, -0.05) is 23.5 Å². The molecule has 2 aromatic heterocycles. The number of aryl methyl sites for hydroxylation is 2. The van der Waals surface area contributed by atoms with Gasteiger partial charge in [-0.15, -0.1) is 0 Å². The number of hydrogen-bond acceptors (Lipinski definition) is 9. The molecule has 3 rings (SSSR count). The molecule has 0 aliphatic carbocycles. The second kappa shape index (κ2) is 11.8. The van der Waals surface area contributed by atoms with Crippen molar-refractivity contribution in [1.29, 1.82) is 0 Å². The fourth-order valence-electron chi connectivity index (χ4n) is 3.46. The number of ether oxygens (including phenoxy) is 2. The predicted octanol–water partition coefficient (Wildman–Crippen LogP) is 3.17. The molecule has 1 aromatic carbocycles. The zero-order valence-corrected chi connectivity index (χ0v) is 21.9. The van der Waals surface area contributed by atoms with Gasteiger partial charge >= 0.3 is 12.1 Å². The summed E-state index contributed by atoms with van der Waals surface area (Å²) in [6.45, 7) is 7.40. The van der Waals surface area contributed by atoms with Gasteiger partial charge in [-0.25, -0.2) is 14.6 Å². The molecule has 4 N–H and O–H groups in total. The number of carbonyl (C=O) groups is 3. The maximum Gasteiger partial charge on any atom is 0.407 e. The quantitative estimate of drug-likeness (QED) is 0.237. The van der Waals surface area contributed by atoms with Gasteiger partial charge in [0.15, 0.2) is 5.13 Å². The molecule has 3 aromatic rings. The summed E-state index contributed by atoms with van der Waals surface area (Å²) >= 11 is 1.20. The summed E-state index contributed by atoms with van der Waals surface area (Å²) in [6.07, 6.45) is 2.87. The van der Waals surface area contributed by atoms with E-state index < -0.39 is 29.6 Å². The lowest BCUT2D eigenvalue weighted by Gasteiger charge is -2.21. The summed E-state index contributed by atoms with van der Waals surface area (Å²) < 4.78 is 9.93. The Hall–Kier alpha value is -3.67. The molecule has 0 spiro atoms. The van der Waals surface area contributed by atoms with E-state index in [0.717, 1.165) is 23.7 Å². The highest BCUT2D eigenvalue weighted by molar-refractivity contribution is 7.17. The number of benzene rings is 1. The molecule has 0 fully saturated rings. The lowest BCUT2D eigenvalue weighted by Crippen LogP contribution is -2.49. The number of carbonyl (C=O) groups excluding carboxylic acids is 3. The van der Waals surface area contributed by atoms with Crippen LogP contribution in [0.3, 0.4) is 0 Å². The van der Waals surface area contributed by atoms with E-state index in [1.807, 2.05) is 18.3 Å². The van der Waals surface area contributed by atoms with Gasteiger partial charge in [0.05, 0.1) is 31.1 Å². The van der Waals surface area contributed by atoms with E-state index in [1.54, 1.807) is 27.7 Å². The minimum absolute atomic E-state index is 0.181. The number of methoxy groups -OCH3 is 1. The molecule has 12 heteroatoms. The van der Waals surface area contributed by atoms with E-state index in [0.29, 0.717) is 22.2 Å². The monoisotopic (exact) mass is 516 g/mol. The molecule has 194 valence electrons. The molecule has 0 radical (unpaired) electrons. The number of aromatic nitrogens is 3. The molecule has 0 saturated carbocycles. The Morgan fingerprint density at radius 1 is 1.22 bits per heavy atom. The second-order valence-electron chi connectivity index (χ2n) is 9.14. The van der Waals surface area contributed by atoms with Gasteiger partial charge in [0, 0.05) is 11.9 Å². The van der Waals surface area contributed by atoms with Crippen LogP contribution in [0.25, 0.3) is 10.9 Å². The number of amides is 2. The van der Waals surface area contributed by atoms with Crippen molar-refractivity contribution in [3.8, 4) is 0 Å². The van der Waals surface area contributed by atoms with Gasteiger partial charge in [0.1, 0.15) is 16.5 Å². The van der Waals surface area contributed by atoms with Crippen molar-refractivity contribution in [3.63, 3.8) is 0 Å². The van der Waals surface area contributed by atoms with Gasteiger partial charge in [-0.2, -0.15) is 5.10 Å². The molecule has 0 bridgehead atoms. The number of rotatable bonds is 10. The SMILES string of the molecule is COC(=O)C(CNC(=O)OC(C)(C)C)NC(=O)c1sc(NCCCc2cccc3[nH]ncc23)nc1C. The van der Waals surface area contributed by atoms with Crippen LogP contribution in [0.4, 0.5) is 9.93 Å². The fraction of sp³-hybridized carbons (Fsp3) is 0.458. The van der Waals surface area contributed by atoms with Crippen molar-refractivity contribution in [2.75, 3.05) is 25.5 Å². The molecule has 1 atom stereocenters. The summed E-state index contributed by atoms with van der Waals surface area (Å²) in [5.74, 6) is -1.17. The van der Waals surface area contributed by atoms with Crippen molar-refractivity contribution < 1.29 is 23.9 Å². The maximum atomic E-state index is 12.9. The number of alkyl carbamates (subject to hydrolysis) is 1. The van der Waals surface area contributed by atoms with Crippen molar-refractivity contribution in [2.45, 2.75) is 52.2 Å². The molecule has 2 amide bonds. The van der Waals surface area contributed by atoms with E-state index in [9.17, 15) is 14.4 Å². The number of nitrogens with one attached hydrogen (secondary N) is 4. The molecule has 2 heterocycles. The average Bonchev–Trinajstić information content (AvgIpc) is 3.44. The lowest BCUT2D eigenvalue weighted by atomic mass is 10.1. The highest BCUT2D eigenvalue weighted by Gasteiger charge is 2.26. The summed E-state index contributed by atoms with van der Waals surface area (Å²) in [7, 11) is 1.21. The van der Waals surface area contributed by atoms with Crippen molar-refractivity contribution in [1.82, 2.24) is 25.8 Å². The van der Waals surface area contributed by atoms with Crippen LogP contribution >= 0.6 is 11.3 Å². The van der Waals surface area contributed by atoms with Crippen LogP contribution in [0.5, 0.6) is 0 Å². The van der Waals surface area contributed by atoms with E-state index in [1.165, 1.54) is 24.0 Å². The van der Waals surface area contributed by atoms with Crippen molar-refractivity contribution in [2.24, 2.45) is 0 Å². The molecule has 0 saturated heterocycles. The molecule has 1 unspecified atom stereocenters. The third kappa shape index (κ3) is 7.41. The van der Waals surface area contributed by atoms with Crippen LogP contribution in [0.15, 0.2) is 24.4 Å². The number of hydrogen-bond donors (Lipinski definition) is 4. The van der Waals surface area contributed by atoms with Gasteiger partial charge in [0.2, 0.25) is 0 Å². The molecule has 0 aliphatic heterocycles. The highest BCUT2D eigenvalue weighted by Crippen LogP contribution is 2.23. The first kappa shape index (κ1) is 26.9. The Kier molecular flexibility index (Phi) is 8.86. The fourth-order valence-corrected chi connectivity index (χ4v) is 4.36. The normalized spacial score (nSPS) is 12.1. The number of nitrogens with zero attached hydrogens (tertiary/aromatic N) is 2. The zero-order valence-electron chi connectivity index (χ0n) is 21.1. The Morgan fingerprint density at radius 3 is 2.72 bits per heavy atom. The van der Waals surface area contributed by atoms with Gasteiger partial charge in [0.25, 0.3) is 5.91 Å². The van der Waals surface area contributed by atoms with E-state index in [2.05, 4.69) is 37.2 Å². The van der Waals surface area contributed by atoms with Crippen LogP contribution in [0.1, 0.15) is 48.1 Å². The zero-order chi connectivity index (χ0) is 26.3. The Balaban J connectivity index is 1.53. The summed E-state index contributed by atoms with van der Waals surface area (Å²) in [5, 5.41) is 17.1. The van der Waals surface area contributed by atoms with Crippen molar-refractivity contribution >= 4 is 45.3 Å². The number of thiazole rings is 1. The molecular weight excluding hydrogens is 484 g/mol. The lowest BCUT2D eigenvalue weighted by molar-refractivity contribution is -0.142. The summed E-state index contributed by atoms with van der Waals surface area (Å²) in [5.41, 5.74) is 2.07. The molecule has 0 aliphatic rings. The van der Waals surface area contributed by atoms with E-state index >= 15 is 0 Å². The van der Waals surface area contributed by atoms with Gasteiger partial charge < -0.3 is 25.4 Å². The number of fused-ring (bicyclic) bond motifs is 1. The van der Waals surface area contributed by atoms with Crippen LogP contribution in [0.2, 0.25) is 0 Å². The number of aromatic amines is 1. The third-order valence-corrected chi connectivity index (χ3v) is 6.23. The van der Waals surface area contributed by atoms with Gasteiger partial charge in [-0.3, -0.25) is 9.89 Å². The second-order valence-corrected chi connectivity index (χ2v) is 10.1. The van der Waals surface area contributed by atoms with Crippen LogP contribution in [0, 0.1) is 6.92 Å². The Bertz CT molecular complexity index is 1220. The van der Waals surface area contributed by atoms with E-state index in [-0.39, 0.29) is 6.54 Å². The standard InChI is InChI=1S/C24H32N6O5S/c1-14-19(20(31)29-18(21(32)34-5)13-26-23(33)35-24(2,3)4)36-22(28-14)25-11-7-9-15-8-6-10-17-16(15)12-27-30-17/h6,8,10,12,18H,7,9,11,13H2,1-5H3,(H,25,28)(H,26,33)(H,27,30)(H,29,31). The topological polar surface area (TPSA) is 147 Å². The Labute approximate surface area is 213 Å². The minimum Gasteiger partial charge on any atom is -0.467 e. The first-order valence-corrected chi connectivity index (χ1v) is 12.4. The Morgan fingerprint density at radius 2 is 2.00 bits per heavy atom. The minimum atomic E-state index is -1.08. The predicted molar refractivity (Wildman–Crippen MR) is 137 cm³/mol. The van der Waals surface area contributed by atoms with Crippen LogP contribution < -0.4 is 16.0 Å². The highest BCUT2D eigenvalue weighted by atomic mass is 32.1. The van der Waals surface area contributed by atoms with E-state index in [4.69, 9.17) is 9.47 Å². The summed E-state index contributed by atoms with van der Waals surface area (Å²) in [4.78, 5) is 41.8. The number of esters is 1. The summed E-state index contributed by atoms with van der Waals surface area (Å²) in [6, 6.07) is 5.00. The third-order valence-electron chi connectivity index (χ3n) is 5.12. The van der Waals surface area contributed by atoms with Gasteiger partial charge in [-0.05, 0) is 52.2 Å². The average molecular weight is 517 g/mol. The van der Waals surface area contributed by atoms with Crippen LogP contribution in [-0.2, 0) is 20.7 Å². The smallest absolute Gasteiger partial charge is 0.407 e. The first-order valence-electron chi connectivity index (χ1n) is 11.5. The molecular formula is C24H32N6O5S. The molecule has 11 nitrogen and oxygen atoms in total. The molecule has 36 heavy (non-hydrogen) atoms. The largest absolute Gasteiger partial charge is 0.467 e. The van der Waals surface area contributed by atoms with Crippen molar-refractivity contribution in [3.05, 3.63) is 40.5 Å².